The second-order valence-corrected chi connectivity index (χ2v) is 5.88. The Hall–Kier alpha value is -0.120. The molecular formula is C14H30O3. The molecule has 0 aromatic heterocycles. The van der Waals surface area contributed by atoms with Crippen molar-refractivity contribution in [1.29, 1.82) is 0 Å². The van der Waals surface area contributed by atoms with Crippen molar-refractivity contribution >= 4 is 0 Å². The third kappa shape index (κ3) is 4.23. The van der Waals surface area contributed by atoms with Crippen LogP contribution in [0.3, 0.4) is 0 Å². The molecule has 0 aliphatic heterocycles. The lowest BCUT2D eigenvalue weighted by Crippen LogP contribution is -2.48. The fourth-order valence-electron chi connectivity index (χ4n) is 2.60. The second kappa shape index (κ2) is 7.34. The summed E-state index contributed by atoms with van der Waals surface area (Å²) in [6.07, 6.45) is 3.85. The average Bonchev–Trinajstić information content (AvgIpc) is 2.35. The standard InChI is InChI=1S/C14H30O3/c1-5-7-9-14(4,11-16)12(17)13(3,10-15)8-6-2/h12,15-17H,5-11H2,1-4H3. The van der Waals surface area contributed by atoms with Crippen LogP contribution in [0.15, 0.2) is 0 Å². The first-order chi connectivity index (χ1) is 7.90. The van der Waals surface area contributed by atoms with Crippen molar-refractivity contribution in [2.75, 3.05) is 13.2 Å². The van der Waals surface area contributed by atoms with E-state index in [1.165, 1.54) is 0 Å². The summed E-state index contributed by atoms with van der Waals surface area (Å²) in [5.74, 6) is 0. The Morgan fingerprint density at radius 2 is 1.35 bits per heavy atom. The Bertz CT molecular complexity index is 208. The van der Waals surface area contributed by atoms with E-state index in [-0.39, 0.29) is 13.2 Å². The Kier molecular flexibility index (Phi) is 7.29. The van der Waals surface area contributed by atoms with Gasteiger partial charge >= 0.3 is 0 Å². The summed E-state index contributed by atoms with van der Waals surface area (Å²) >= 11 is 0. The summed E-state index contributed by atoms with van der Waals surface area (Å²) in [7, 11) is 0. The van der Waals surface area contributed by atoms with Crippen LogP contribution in [0, 0.1) is 10.8 Å². The summed E-state index contributed by atoms with van der Waals surface area (Å²) in [6, 6.07) is 0. The molecule has 0 amide bonds. The predicted molar refractivity (Wildman–Crippen MR) is 70.8 cm³/mol. The molecule has 3 nitrogen and oxygen atoms in total. The monoisotopic (exact) mass is 246 g/mol. The van der Waals surface area contributed by atoms with Gasteiger partial charge in [-0.2, -0.15) is 0 Å². The summed E-state index contributed by atoms with van der Waals surface area (Å²) < 4.78 is 0. The van der Waals surface area contributed by atoms with Gasteiger partial charge in [0, 0.05) is 10.8 Å². The number of aliphatic hydroxyl groups is 3. The minimum Gasteiger partial charge on any atom is -0.396 e. The first kappa shape index (κ1) is 16.9. The van der Waals surface area contributed by atoms with E-state index in [0.29, 0.717) is 0 Å². The van der Waals surface area contributed by atoms with Crippen molar-refractivity contribution in [3.8, 4) is 0 Å². The van der Waals surface area contributed by atoms with Crippen LogP contribution in [0.2, 0.25) is 0 Å². The molecule has 3 unspecified atom stereocenters. The van der Waals surface area contributed by atoms with Gasteiger partial charge in [0.1, 0.15) is 0 Å². The molecule has 0 bridgehead atoms. The van der Waals surface area contributed by atoms with Crippen LogP contribution in [0.1, 0.15) is 59.8 Å². The number of unbranched alkanes of at least 4 members (excludes halogenated alkanes) is 1. The number of hydrogen-bond acceptors (Lipinski definition) is 3. The van der Waals surface area contributed by atoms with Crippen LogP contribution in [-0.4, -0.2) is 34.6 Å². The molecule has 0 rings (SSSR count). The van der Waals surface area contributed by atoms with E-state index < -0.39 is 16.9 Å². The van der Waals surface area contributed by atoms with Gasteiger partial charge in [0.25, 0.3) is 0 Å². The molecule has 0 saturated carbocycles. The van der Waals surface area contributed by atoms with Gasteiger partial charge in [-0.1, -0.05) is 47.0 Å². The van der Waals surface area contributed by atoms with Gasteiger partial charge in [-0.05, 0) is 12.8 Å². The zero-order valence-electron chi connectivity index (χ0n) is 11.9. The lowest BCUT2D eigenvalue weighted by Gasteiger charge is -2.43. The highest BCUT2D eigenvalue weighted by Gasteiger charge is 2.43. The number of rotatable bonds is 9. The fraction of sp³-hybridized carbons (Fsp3) is 1.00. The molecule has 0 aromatic rings. The highest BCUT2D eigenvalue weighted by molar-refractivity contribution is 4.93. The number of aliphatic hydroxyl groups excluding tert-OH is 3. The van der Waals surface area contributed by atoms with Gasteiger partial charge in [-0.15, -0.1) is 0 Å². The molecule has 3 atom stereocenters. The third-order valence-corrected chi connectivity index (χ3v) is 3.97. The van der Waals surface area contributed by atoms with Gasteiger partial charge in [0.05, 0.1) is 19.3 Å². The Labute approximate surface area is 106 Å². The maximum atomic E-state index is 10.5. The van der Waals surface area contributed by atoms with Crippen LogP contribution < -0.4 is 0 Å². The smallest absolute Gasteiger partial charge is 0.0691 e. The van der Waals surface area contributed by atoms with Crippen molar-refractivity contribution in [2.24, 2.45) is 10.8 Å². The molecule has 0 spiro atoms. The fourth-order valence-corrected chi connectivity index (χ4v) is 2.60. The molecule has 0 fully saturated rings. The van der Waals surface area contributed by atoms with Gasteiger partial charge in [0.15, 0.2) is 0 Å². The lowest BCUT2D eigenvalue weighted by molar-refractivity contribution is -0.106. The second-order valence-electron chi connectivity index (χ2n) is 5.88. The Morgan fingerprint density at radius 1 is 0.882 bits per heavy atom. The molecule has 0 aromatic carbocycles. The van der Waals surface area contributed by atoms with E-state index in [4.69, 9.17) is 0 Å². The quantitative estimate of drug-likeness (QED) is 0.585. The van der Waals surface area contributed by atoms with Crippen molar-refractivity contribution in [3.63, 3.8) is 0 Å². The van der Waals surface area contributed by atoms with Crippen LogP contribution in [0.25, 0.3) is 0 Å². The van der Waals surface area contributed by atoms with Crippen LogP contribution in [0.4, 0.5) is 0 Å². The van der Waals surface area contributed by atoms with Crippen molar-refractivity contribution < 1.29 is 15.3 Å². The predicted octanol–water partition coefficient (Wildman–Crippen LogP) is 2.33. The minimum absolute atomic E-state index is 0.0343. The van der Waals surface area contributed by atoms with E-state index in [1.54, 1.807) is 0 Å². The van der Waals surface area contributed by atoms with Gasteiger partial charge in [-0.3, -0.25) is 0 Å². The van der Waals surface area contributed by atoms with E-state index in [2.05, 4.69) is 6.92 Å². The molecule has 0 saturated heterocycles. The maximum Gasteiger partial charge on any atom is 0.0691 e. The third-order valence-electron chi connectivity index (χ3n) is 3.97. The summed E-state index contributed by atoms with van der Waals surface area (Å²) in [6.45, 7) is 7.89. The summed E-state index contributed by atoms with van der Waals surface area (Å²) in [4.78, 5) is 0. The maximum absolute atomic E-state index is 10.5. The van der Waals surface area contributed by atoms with E-state index in [1.807, 2.05) is 20.8 Å². The topological polar surface area (TPSA) is 60.7 Å². The number of hydrogen-bond donors (Lipinski definition) is 3. The van der Waals surface area contributed by atoms with Crippen molar-refractivity contribution in [1.82, 2.24) is 0 Å². The molecular weight excluding hydrogens is 216 g/mol. The van der Waals surface area contributed by atoms with Crippen LogP contribution in [-0.2, 0) is 0 Å². The zero-order chi connectivity index (χ0) is 13.5. The summed E-state index contributed by atoms with van der Waals surface area (Å²) in [5.41, 5.74) is -1.03. The Balaban J connectivity index is 4.85. The zero-order valence-corrected chi connectivity index (χ0v) is 11.9. The molecule has 104 valence electrons. The lowest BCUT2D eigenvalue weighted by atomic mass is 9.67. The average molecular weight is 246 g/mol. The van der Waals surface area contributed by atoms with Gasteiger partial charge in [-0.25, -0.2) is 0 Å². The SMILES string of the molecule is CCCCC(C)(CO)C(O)C(C)(CO)CCC. The molecule has 0 aliphatic carbocycles. The Morgan fingerprint density at radius 3 is 1.71 bits per heavy atom. The molecule has 3 heteroatoms. The molecule has 0 heterocycles. The highest BCUT2D eigenvalue weighted by atomic mass is 16.3. The largest absolute Gasteiger partial charge is 0.396 e. The first-order valence-electron chi connectivity index (χ1n) is 6.80. The summed E-state index contributed by atoms with van der Waals surface area (Å²) in [5, 5.41) is 29.6. The molecule has 17 heavy (non-hydrogen) atoms. The first-order valence-corrected chi connectivity index (χ1v) is 6.80. The van der Waals surface area contributed by atoms with Crippen molar-refractivity contribution in [2.45, 2.75) is 65.9 Å². The molecule has 0 radical (unpaired) electrons. The van der Waals surface area contributed by atoms with E-state index in [9.17, 15) is 15.3 Å². The molecule has 0 aliphatic rings. The van der Waals surface area contributed by atoms with Gasteiger partial charge in [0.2, 0.25) is 0 Å². The van der Waals surface area contributed by atoms with Crippen LogP contribution in [0.5, 0.6) is 0 Å². The van der Waals surface area contributed by atoms with Crippen LogP contribution >= 0.6 is 0 Å². The normalized spacial score (nSPS) is 20.6. The van der Waals surface area contributed by atoms with Crippen molar-refractivity contribution in [3.05, 3.63) is 0 Å². The molecule has 3 N–H and O–H groups in total. The minimum atomic E-state index is -0.670. The highest BCUT2D eigenvalue weighted by Crippen LogP contribution is 2.40. The van der Waals surface area contributed by atoms with Gasteiger partial charge < -0.3 is 15.3 Å². The van der Waals surface area contributed by atoms with E-state index >= 15 is 0 Å². The van der Waals surface area contributed by atoms with E-state index in [0.717, 1.165) is 32.1 Å².